The fraction of sp³-hybridized carbons (Fsp3) is 0.800. The van der Waals surface area contributed by atoms with E-state index in [0.29, 0.717) is 19.4 Å². The molecule has 0 spiro atoms. The van der Waals surface area contributed by atoms with Crippen molar-refractivity contribution in [2.45, 2.75) is 40.0 Å². The number of nitrogens with two attached hydrogens (primary N) is 1. The maximum atomic E-state index is 12.4. The molecule has 0 saturated heterocycles. The van der Waals surface area contributed by atoms with E-state index in [9.17, 15) is 14.4 Å². The Hall–Kier alpha value is -1.43. The van der Waals surface area contributed by atoms with Crippen molar-refractivity contribution < 1.29 is 23.9 Å². The first-order valence-corrected chi connectivity index (χ1v) is 7.49. The van der Waals surface area contributed by atoms with E-state index >= 15 is 0 Å². The highest BCUT2D eigenvalue weighted by molar-refractivity contribution is 5.98. The molecule has 4 unspecified atom stereocenters. The zero-order valence-electron chi connectivity index (χ0n) is 12.8. The number of rotatable bonds is 6. The average Bonchev–Trinajstić information content (AvgIpc) is 3.32. The number of hydrogen-bond acceptors (Lipinski definition) is 6. The van der Waals surface area contributed by atoms with Crippen molar-refractivity contribution in [3.63, 3.8) is 0 Å². The predicted molar refractivity (Wildman–Crippen MR) is 73.8 cm³/mol. The van der Waals surface area contributed by atoms with Crippen molar-refractivity contribution in [1.82, 2.24) is 0 Å². The monoisotopic (exact) mass is 297 g/mol. The number of esters is 3. The Morgan fingerprint density at radius 1 is 1.10 bits per heavy atom. The molecular weight excluding hydrogens is 274 g/mol. The van der Waals surface area contributed by atoms with Crippen molar-refractivity contribution in [3.8, 4) is 0 Å². The van der Waals surface area contributed by atoms with Crippen molar-refractivity contribution >= 4 is 17.9 Å². The van der Waals surface area contributed by atoms with Crippen LogP contribution in [0.5, 0.6) is 0 Å². The minimum atomic E-state index is -0.915. The van der Waals surface area contributed by atoms with Crippen LogP contribution >= 0.6 is 0 Å². The number of ether oxygens (including phenoxy) is 2. The molecule has 0 amide bonds. The molecule has 4 atom stereocenters. The van der Waals surface area contributed by atoms with E-state index in [1.165, 1.54) is 0 Å². The van der Waals surface area contributed by atoms with Gasteiger partial charge < -0.3 is 15.2 Å². The van der Waals surface area contributed by atoms with Crippen LogP contribution in [0.15, 0.2) is 0 Å². The highest BCUT2D eigenvalue weighted by Crippen LogP contribution is 2.76. The summed E-state index contributed by atoms with van der Waals surface area (Å²) in [5.41, 5.74) is 3.44. The molecule has 0 aromatic carbocycles. The topological polar surface area (TPSA) is 95.7 Å². The number of carbonyl (C=O) groups excluding carboxylic acids is 3. The van der Waals surface area contributed by atoms with Crippen LogP contribution in [0.1, 0.15) is 40.0 Å². The lowest BCUT2D eigenvalue weighted by Crippen LogP contribution is -2.40. The Kier molecular flexibility index (Phi) is 4.10. The van der Waals surface area contributed by atoms with Crippen molar-refractivity contribution in [3.05, 3.63) is 0 Å². The minimum absolute atomic E-state index is 0.00898. The molecule has 21 heavy (non-hydrogen) atoms. The summed E-state index contributed by atoms with van der Waals surface area (Å²) in [7, 11) is 0. The van der Waals surface area contributed by atoms with E-state index in [2.05, 4.69) is 0 Å². The molecule has 2 N–H and O–H groups in total. The molecule has 6 nitrogen and oxygen atoms in total. The summed E-state index contributed by atoms with van der Waals surface area (Å²) in [6.07, 6.45) is 1.88. The standard InChI is InChI=1S/C15H23NO5/c1-4-5-20-12(18)14(6-9(14)2)15(7-10(15)3)13(19)21-11(17)8-16/h9-10H,4-8,16H2,1-3H3. The second-order valence-corrected chi connectivity index (χ2v) is 6.25. The van der Waals surface area contributed by atoms with E-state index in [0.717, 1.165) is 6.42 Å². The van der Waals surface area contributed by atoms with Gasteiger partial charge in [-0.05, 0) is 31.1 Å². The smallest absolute Gasteiger partial charge is 0.327 e. The molecule has 0 radical (unpaired) electrons. The Morgan fingerprint density at radius 3 is 1.95 bits per heavy atom. The van der Waals surface area contributed by atoms with Crippen LogP contribution in [0.2, 0.25) is 0 Å². The maximum Gasteiger partial charge on any atom is 0.327 e. The van der Waals surface area contributed by atoms with Crippen LogP contribution in [0.25, 0.3) is 0 Å². The van der Waals surface area contributed by atoms with Gasteiger partial charge in [-0.2, -0.15) is 0 Å². The quantitative estimate of drug-likeness (QED) is 0.581. The van der Waals surface area contributed by atoms with Gasteiger partial charge in [-0.15, -0.1) is 0 Å². The van der Waals surface area contributed by atoms with E-state index in [1.54, 1.807) is 0 Å². The Labute approximate surface area is 124 Å². The lowest BCUT2D eigenvalue weighted by atomic mass is 9.81. The van der Waals surface area contributed by atoms with Crippen molar-refractivity contribution in [2.75, 3.05) is 13.2 Å². The number of hydrogen-bond donors (Lipinski definition) is 1. The molecule has 2 aliphatic carbocycles. The summed E-state index contributed by atoms with van der Waals surface area (Å²) in [4.78, 5) is 36.1. The van der Waals surface area contributed by atoms with Crippen LogP contribution in [-0.4, -0.2) is 31.1 Å². The third kappa shape index (κ3) is 2.25. The third-order valence-corrected chi connectivity index (χ3v) is 4.95. The molecular formula is C15H23NO5. The first-order valence-electron chi connectivity index (χ1n) is 7.49. The normalized spacial score (nSPS) is 36.8. The summed E-state index contributed by atoms with van der Waals surface area (Å²) in [6, 6.07) is 0. The van der Waals surface area contributed by atoms with E-state index in [-0.39, 0.29) is 24.3 Å². The number of carbonyl (C=O) groups is 3. The molecule has 0 heterocycles. The van der Waals surface area contributed by atoms with Gasteiger partial charge >= 0.3 is 17.9 Å². The van der Waals surface area contributed by atoms with E-state index in [4.69, 9.17) is 15.2 Å². The lowest BCUT2D eigenvalue weighted by Gasteiger charge is -2.25. The average molecular weight is 297 g/mol. The van der Waals surface area contributed by atoms with Gasteiger partial charge in [0.2, 0.25) is 0 Å². The van der Waals surface area contributed by atoms with Gasteiger partial charge in [-0.1, -0.05) is 20.8 Å². The van der Waals surface area contributed by atoms with Crippen LogP contribution < -0.4 is 5.73 Å². The Morgan fingerprint density at radius 2 is 1.57 bits per heavy atom. The largest absolute Gasteiger partial charge is 0.465 e. The van der Waals surface area contributed by atoms with Gasteiger partial charge in [0.05, 0.1) is 24.0 Å². The summed E-state index contributed by atoms with van der Waals surface area (Å²) < 4.78 is 10.1. The van der Waals surface area contributed by atoms with Crippen LogP contribution in [0.3, 0.4) is 0 Å². The highest BCUT2D eigenvalue weighted by Gasteiger charge is 2.81. The van der Waals surface area contributed by atoms with Gasteiger partial charge in [-0.25, -0.2) is 0 Å². The van der Waals surface area contributed by atoms with Crippen LogP contribution in [0, 0.1) is 22.7 Å². The van der Waals surface area contributed by atoms with Crippen molar-refractivity contribution in [1.29, 1.82) is 0 Å². The fourth-order valence-corrected chi connectivity index (χ4v) is 3.58. The first-order chi connectivity index (χ1) is 9.86. The summed E-state index contributed by atoms with van der Waals surface area (Å²) in [5.74, 6) is -1.65. The highest BCUT2D eigenvalue weighted by atomic mass is 16.6. The van der Waals surface area contributed by atoms with Gasteiger partial charge in [-0.3, -0.25) is 14.4 Å². The second-order valence-electron chi connectivity index (χ2n) is 6.25. The molecule has 2 aliphatic rings. The molecule has 0 aromatic heterocycles. The van der Waals surface area contributed by atoms with Gasteiger partial charge in [0.15, 0.2) is 0 Å². The predicted octanol–water partition coefficient (Wildman–Crippen LogP) is 1.02. The fourth-order valence-electron chi connectivity index (χ4n) is 3.58. The zero-order valence-corrected chi connectivity index (χ0v) is 12.8. The van der Waals surface area contributed by atoms with Gasteiger partial charge in [0.25, 0.3) is 0 Å². The SMILES string of the molecule is CCCOC(=O)C1(C2(C(=O)OC(=O)CN)CC2C)CC1C. The first kappa shape index (κ1) is 15.9. The molecule has 0 aliphatic heterocycles. The molecule has 118 valence electrons. The van der Waals surface area contributed by atoms with E-state index in [1.807, 2.05) is 20.8 Å². The zero-order chi connectivity index (χ0) is 15.8. The molecule has 0 aromatic rings. The van der Waals surface area contributed by atoms with Crippen molar-refractivity contribution in [2.24, 2.45) is 28.4 Å². The molecule has 2 rings (SSSR count). The lowest BCUT2D eigenvalue weighted by molar-refractivity contribution is -0.172. The summed E-state index contributed by atoms with van der Waals surface area (Å²) in [5, 5.41) is 0. The summed E-state index contributed by atoms with van der Waals surface area (Å²) >= 11 is 0. The Bertz CT molecular complexity index is 477. The van der Waals surface area contributed by atoms with Gasteiger partial charge in [0, 0.05) is 0 Å². The molecule has 0 bridgehead atoms. The van der Waals surface area contributed by atoms with Gasteiger partial charge in [0.1, 0.15) is 0 Å². The minimum Gasteiger partial charge on any atom is -0.465 e. The molecule has 2 saturated carbocycles. The molecule has 2 fully saturated rings. The Balaban J connectivity index is 2.21. The third-order valence-electron chi connectivity index (χ3n) is 4.95. The maximum absolute atomic E-state index is 12.4. The molecule has 6 heteroatoms. The van der Waals surface area contributed by atoms with Crippen LogP contribution in [0.4, 0.5) is 0 Å². The second kappa shape index (κ2) is 5.40. The summed E-state index contributed by atoms with van der Waals surface area (Å²) in [6.45, 7) is 5.74. The van der Waals surface area contributed by atoms with E-state index < -0.39 is 22.8 Å². The van der Waals surface area contributed by atoms with Crippen LogP contribution in [-0.2, 0) is 23.9 Å².